The summed E-state index contributed by atoms with van der Waals surface area (Å²) in [6.07, 6.45) is 4.59. The van der Waals surface area contributed by atoms with Crippen molar-refractivity contribution in [2.75, 3.05) is 27.4 Å². The summed E-state index contributed by atoms with van der Waals surface area (Å²) in [4.78, 5) is 30.1. The van der Waals surface area contributed by atoms with E-state index in [1.54, 1.807) is 14.2 Å². The van der Waals surface area contributed by atoms with E-state index in [2.05, 4.69) is 23.1 Å². The van der Waals surface area contributed by atoms with Crippen LogP contribution in [0.25, 0.3) is 0 Å². The van der Waals surface area contributed by atoms with Crippen molar-refractivity contribution < 1.29 is 19.1 Å². The molecule has 1 aliphatic carbocycles. The van der Waals surface area contributed by atoms with Crippen molar-refractivity contribution in [1.82, 2.24) is 9.80 Å². The van der Waals surface area contributed by atoms with Crippen LogP contribution in [0.1, 0.15) is 48.4 Å². The second kappa shape index (κ2) is 8.58. The molecule has 2 amide bonds. The molecule has 6 nitrogen and oxygen atoms in total. The average Bonchev–Trinajstić information content (AvgIpc) is 3.08. The number of imide groups is 1. The van der Waals surface area contributed by atoms with E-state index in [0.717, 1.165) is 55.5 Å². The maximum Gasteiger partial charge on any atom is 0.234 e. The fraction of sp³-hybridized carbons (Fsp3) is 0.462. The van der Waals surface area contributed by atoms with E-state index in [1.807, 2.05) is 24.3 Å². The Balaban J connectivity index is 1.51. The molecule has 2 aromatic carbocycles. The highest BCUT2D eigenvalue weighted by molar-refractivity contribution is 6.05. The molecule has 6 heteroatoms. The first-order valence-corrected chi connectivity index (χ1v) is 11.5. The van der Waals surface area contributed by atoms with Gasteiger partial charge in [0.2, 0.25) is 11.8 Å². The second-order valence-electron chi connectivity index (χ2n) is 9.02. The summed E-state index contributed by atoms with van der Waals surface area (Å²) in [6, 6.07) is 14.3. The minimum Gasteiger partial charge on any atom is -0.493 e. The average molecular weight is 435 g/mol. The lowest BCUT2D eigenvalue weighted by molar-refractivity contribution is -0.143. The van der Waals surface area contributed by atoms with E-state index in [9.17, 15) is 9.59 Å². The van der Waals surface area contributed by atoms with Crippen molar-refractivity contribution in [1.29, 1.82) is 0 Å². The molecule has 0 spiro atoms. The molecule has 2 fully saturated rings. The largest absolute Gasteiger partial charge is 0.493 e. The number of methoxy groups -OCH3 is 2. The van der Waals surface area contributed by atoms with Gasteiger partial charge in [-0.1, -0.05) is 43.2 Å². The lowest BCUT2D eigenvalue weighted by atomic mass is 9.81. The molecule has 2 heterocycles. The third-order valence-electron chi connectivity index (χ3n) is 7.34. The maximum atomic E-state index is 13.1. The number of rotatable bonds is 5. The van der Waals surface area contributed by atoms with E-state index in [-0.39, 0.29) is 29.7 Å². The highest BCUT2D eigenvalue weighted by Gasteiger charge is 2.49. The molecule has 0 radical (unpaired) electrons. The van der Waals surface area contributed by atoms with Crippen LogP contribution in [0, 0.1) is 11.8 Å². The highest BCUT2D eigenvalue weighted by atomic mass is 16.5. The standard InChI is InChI=1S/C26H30N2O4/c1-31-22-14-18-12-13-27(16-28-25(29)19-10-6-7-11-20(19)26(28)30)24(17-8-4-3-5-9-17)21(18)15-23(22)32-2/h3-5,8-9,14-15,19-20,24H,6-7,10-13,16H2,1-2H3/t19-,20+,24-/m1/s1. The Kier molecular flexibility index (Phi) is 5.64. The van der Waals surface area contributed by atoms with E-state index < -0.39 is 0 Å². The minimum atomic E-state index is -0.118. The quantitative estimate of drug-likeness (QED) is 0.671. The third kappa shape index (κ3) is 3.47. The first-order valence-electron chi connectivity index (χ1n) is 11.5. The summed E-state index contributed by atoms with van der Waals surface area (Å²) in [7, 11) is 3.30. The lowest BCUT2D eigenvalue weighted by Gasteiger charge is -2.39. The van der Waals surface area contributed by atoms with E-state index in [4.69, 9.17) is 9.47 Å². The van der Waals surface area contributed by atoms with Gasteiger partial charge in [0.05, 0.1) is 38.8 Å². The summed E-state index contributed by atoms with van der Waals surface area (Å²) in [5.74, 6) is 1.21. The SMILES string of the molecule is COc1cc2c(cc1OC)[C@@H](c1ccccc1)N(CN1C(=O)[C@H]3CCCC[C@H]3C1=O)CC2. The normalized spacial score (nSPS) is 25.4. The van der Waals surface area contributed by atoms with Gasteiger partial charge in [0.1, 0.15) is 0 Å². The van der Waals surface area contributed by atoms with E-state index in [0.29, 0.717) is 12.4 Å². The zero-order chi connectivity index (χ0) is 22.2. The zero-order valence-electron chi connectivity index (χ0n) is 18.8. The van der Waals surface area contributed by atoms with E-state index in [1.165, 1.54) is 10.5 Å². The van der Waals surface area contributed by atoms with Gasteiger partial charge >= 0.3 is 0 Å². The number of amides is 2. The topological polar surface area (TPSA) is 59.1 Å². The van der Waals surface area contributed by atoms with Crippen LogP contribution in [0.3, 0.4) is 0 Å². The molecule has 0 bridgehead atoms. The summed E-state index contributed by atoms with van der Waals surface area (Å²) < 4.78 is 11.1. The number of fused-ring (bicyclic) bond motifs is 2. The number of carbonyl (C=O) groups excluding carboxylic acids is 2. The molecule has 3 atom stereocenters. The van der Waals surface area contributed by atoms with Crippen molar-refractivity contribution >= 4 is 11.8 Å². The third-order valence-corrected chi connectivity index (χ3v) is 7.34. The fourth-order valence-electron chi connectivity index (χ4n) is 5.73. The molecule has 32 heavy (non-hydrogen) atoms. The predicted octanol–water partition coefficient (Wildman–Crippen LogP) is 3.78. The number of nitrogens with zero attached hydrogens (tertiary/aromatic N) is 2. The van der Waals surface area contributed by atoms with Crippen molar-refractivity contribution in [3.63, 3.8) is 0 Å². The Hall–Kier alpha value is -2.86. The van der Waals surface area contributed by atoms with Crippen molar-refractivity contribution in [3.8, 4) is 11.5 Å². The number of likely N-dealkylation sites (tertiary alicyclic amines) is 1. The zero-order valence-corrected chi connectivity index (χ0v) is 18.8. The summed E-state index contributed by atoms with van der Waals surface area (Å²) >= 11 is 0. The molecule has 0 aromatic heterocycles. The molecule has 168 valence electrons. The van der Waals surface area contributed by atoms with Crippen LogP contribution in [0.2, 0.25) is 0 Å². The van der Waals surface area contributed by atoms with Crippen LogP contribution in [-0.2, 0) is 16.0 Å². The number of benzene rings is 2. The van der Waals surface area contributed by atoms with Gasteiger partial charge in [-0.05, 0) is 48.1 Å². The Morgan fingerprint density at radius 3 is 2.16 bits per heavy atom. The maximum absolute atomic E-state index is 13.1. The van der Waals surface area contributed by atoms with Crippen LogP contribution in [-0.4, -0.2) is 49.0 Å². The van der Waals surface area contributed by atoms with Crippen LogP contribution in [0.4, 0.5) is 0 Å². The van der Waals surface area contributed by atoms with Crippen LogP contribution < -0.4 is 9.47 Å². The Labute approximate surface area is 189 Å². The number of carbonyl (C=O) groups is 2. The monoisotopic (exact) mass is 434 g/mol. The Bertz CT molecular complexity index is 998. The van der Waals surface area contributed by atoms with Gasteiger partial charge in [0, 0.05) is 6.54 Å². The first kappa shape index (κ1) is 21.0. The summed E-state index contributed by atoms with van der Waals surface area (Å²) in [5.41, 5.74) is 3.48. The van der Waals surface area contributed by atoms with Gasteiger partial charge in [-0.15, -0.1) is 0 Å². The van der Waals surface area contributed by atoms with Gasteiger partial charge in [0.15, 0.2) is 11.5 Å². The predicted molar refractivity (Wildman–Crippen MR) is 120 cm³/mol. The van der Waals surface area contributed by atoms with Crippen LogP contribution in [0.15, 0.2) is 42.5 Å². The smallest absolute Gasteiger partial charge is 0.234 e. The van der Waals surface area contributed by atoms with Gasteiger partial charge in [-0.25, -0.2) is 0 Å². The highest BCUT2D eigenvalue weighted by Crippen LogP contribution is 2.43. The molecule has 1 saturated carbocycles. The van der Waals surface area contributed by atoms with Crippen molar-refractivity contribution in [2.24, 2.45) is 11.8 Å². The summed E-state index contributed by atoms with van der Waals surface area (Å²) in [6.45, 7) is 1.09. The molecule has 1 saturated heterocycles. The molecular formula is C26H30N2O4. The number of hydrogen-bond donors (Lipinski definition) is 0. The summed E-state index contributed by atoms with van der Waals surface area (Å²) in [5, 5.41) is 0. The molecule has 0 N–H and O–H groups in total. The Morgan fingerprint density at radius 2 is 1.53 bits per heavy atom. The minimum absolute atomic E-state index is 0.0182. The molecular weight excluding hydrogens is 404 g/mol. The van der Waals surface area contributed by atoms with Crippen molar-refractivity contribution in [3.05, 3.63) is 59.2 Å². The van der Waals surface area contributed by atoms with E-state index >= 15 is 0 Å². The van der Waals surface area contributed by atoms with Gasteiger partial charge in [-0.3, -0.25) is 19.4 Å². The number of hydrogen-bond acceptors (Lipinski definition) is 5. The Morgan fingerprint density at radius 1 is 0.906 bits per heavy atom. The lowest BCUT2D eigenvalue weighted by Crippen LogP contribution is -2.46. The first-order chi connectivity index (χ1) is 15.6. The molecule has 0 unspecified atom stereocenters. The van der Waals surface area contributed by atoms with Gasteiger partial charge < -0.3 is 9.47 Å². The van der Waals surface area contributed by atoms with Crippen LogP contribution >= 0.6 is 0 Å². The van der Waals surface area contributed by atoms with Crippen molar-refractivity contribution in [2.45, 2.75) is 38.1 Å². The number of ether oxygens (including phenoxy) is 2. The molecule has 2 aromatic rings. The van der Waals surface area contributed by atoms with Crippen LogP contribution in [0.5, 0.6) is 11.5 Å². The van der Waals surface area contributed by atoms with Gasteiger partial charge in [0.25, 0.3) is 0 Å². The molecule has 3 aliphatic rings. The fourth-order valence-corrected chi connectivity index (χ4v) is 5.73. The molecule has 2 aliphatic heterocycles. The second-order valence-corrected chi connectivity index (χ2v) is 9.02. The van der Waals surface area contributed by atoms with Gasteiger partial charge in [-0.2, -0.15) is 0 Å². The molecule has 5 rings (SSSR count).